The zero-order chi connectivity index (χ0) is 24.0. The Kier molecular flexibility index (Phi) is 5.82. The number of hydrogen-bond acceptors (Lipinski definition) is 7. The predicted octanol–water partition coefficient (Wildman–Crippen LogP) is 3.84. The van der Waals surface area contributed by atoms with Crippen LogP contribution in [-0.4, -0.2) is 60.5 Å². The minimum absolute atomic E-state index is 0.184. The maximum absolute atomic E-state index is 13.2. The number of esters is 2. The van der Waals surface area contributed by atoms with Crippen molar-refractivity contribution in [3.05, 3.63) is 48.0 Å². The first-order chi connectivity index (χ1) is 15.6. The SMILES string of the molecule is COC(=O)C1(C(=O)OC)C[C@@H]2CCN(C(=O)OC(C)(C)C)N2[C@H]1c1ccc2ccccc2c1. The summed E-state index contributed by atoms with van der Waals surface area (Å²) in [7, 11) is 2.53. The number of nitrogens with zero attached hydrogens (tertiary/aromatic N) is 2. The summed E-state index contributed by atoms with van der Waals surface area (Å²) in [4.78, 5) is 39.6. The molecule has 0 N–H and O–H groups in total. The van der Waals surface area contributed by atoms with Crippen LogP contribution in [0.5, 0.6) is 0 Å². The Labute approximate surface area is 193 Å². The van der Waals surface area contributed by atoms with Crippen molar-refractivity contribution in [1.82, 2.24) is 10.0 Å². The van der Waals surface area contributed by atoms with Gasteiger partial charge in [-0.3, -0.25) is 9.59 Å². The molecule has 1 amide bonds. The van der Waals surface area contributed by atoms with E-state index >= 15 is 0 Å². The van der Waals surface area contributed by atoms with Crippen molar-refractivity contribution in [3.63, 3.8) is 0 Å². The van der Waals surface area contributed by atoms with Gasteiger partial charge < -0.3 is 14.2 Å². The maximum atomic E-state index is 13.2. The van der Waals surface area contributed by atoms with Crippen LogP contribution in [0.1, 0.15) is 45.2 Å². The fourth-order valence-corrected chi connectivity index (χ4v) is 5.12. The summed E-state index contributed by atoms with van der Waals surface area (Å²) >= 11 is 0. The van der Waals surface area contributed by atoms with Gasteiger partial charge in [-0.25, -0.2) is 14.8 Å². The van der Waals surface area contributed by atoms with E-state index in [4.69, 9.17) is 14.2 Å². The number of benzene rings is 2. The van der Waals surface area contributed by atoms with Gasteiger partial charge in [0.05, 0.1) is 20.3 Å². The molecule has 0 aliphatic carbocycles. The number of carbonyl (C=O) groups is 3. The Morgan fingerprint density at radius 2 is 1.61 bits per heavy atom. The van der Waals surface area contributed by atoms with Crippen LogP contribution in [0.15, 0.2) is 42.5 Å². The lowest BCUT2D eigenvalue weighted by Crippen LogP contribution is -2.51. The molecule has 2 fully saturated rings. The van der Waals surface area contributed by atoms with Crippen LogP contribution in [0.3, 0.4) is 0 Å². The second-order valence-corrected chi connectivity index (χ2v) is 9.59. The molecule has 0 saturated carbocycles. The zero-order valence-electron chi connectivity index (χ0n) is 19.7. The Hall–Kier alpha value is -3.13. The lowest BCUT2D eigenvalue weighted by Gasteiger charge is -2.38. The number of carbonyl (C=O) groups excluding carboxylic acids is 3. The van der Waals surface area contributed by atoms with E-state index < -0.39 is 35.1 Å². The molecule has 2 aliphatic heterocycles. The first kappa shape index (κ1) is 23.0. The summed E-state index contributed by atoms with van der Waals surface area (Å²) in [6, 6.07) is 12.6. The molecule has 2 saturated heterocycles. The van der Waals surface area contributed by atoms with Crippen LogP contribution < -0.4 is 0 Å². The van der Waals surface area contributed by atoms with Gasteiger partial charge in [0.1, 0.15) is 5.60 Å². The Morgan fingerprint density at radius 3 is 2.21 bits per heavy atom. The fourth-order valence-electron chi connectivity index (χ4n) is 5.12. The molecule has 0 unspecified atom stereocenters. The van der Waals surface area contributed by atoms with Crippen molar-refractivity contribution in [2.24, 2.45) is 5.41 Å². The predicted molar refractivity (Wildman–Crippen MR) is 121 cm³/mol. The molecule has 4 rings (SSSR count). The Morgan fingerprint density at radius 1 is 0.970 bits per heavy atom. The lowest BCUT2D eigenvalue weighted by atomic mass is 9.75. The number of ether oxygens (including phenoxy) is 3. The summed E-state index contributed by atoms with van der Waals surface area (Å²) < 4.78 is 15.9. The van der Waals surface area contributed by atoms with Crippen LogP contribution >= 0.6 is 0 Å². The topological polar surface area (TPSA) is 85.4 Å². The van der Waals surface area contributed by atoms with E-state index in [1.165, 1.54) is 19.2 Å². The highest BCUT2D eigenvalue weighted by molar-refractivity contribution is 6.02. The van der Waals surface area contributed by atoms with Crippen molar-refractivity contribution in [3.8, 4) is 0 Å². The number of amides is 1. The van der Waals surface area contributed by atoms with Crippen LogP contribution in [0.2, 0.25) is 0 Å². The van der Waals surface area contributed by atoms with E-state index in [9.17, 15) is 14.4 Å². The first-order valence-corrected chi connectivity index (χ1v) is 11.1. The van der Waals surface area contributed by atoms with E-state index in [0.29, 0.717) is 13.0 Å². The third kappa shape index (κ3) is 3.82. The number of methoxy groups -OCH3 is 2. The maximum Gasteiger partial charge on any atom is 0.425 e. The summed E-state index contributed by atoms with van der Waals surface area (Å²) in [5.74, 6) is -1.35. The second-order valence-electron chi connectivity index (χ2n) is 9.59. The molecule has 0 bridgehead atoms. The zero-order valence-corrected chi connectivity index (χ0v) is 19.7. The number of hydrogen-bond donors (Lipinski definition) is 0. The van der Waals surface area contributed by atoms with Gasteiger partial charge in [-0.15, -0.1) is 0 Å². The molecule has 2 atom stereocenters. The van der Waals surface area contributed by atoms with Gasteiger partial charge in [-0.2, -0.15) is 0 Å². The molecule has 8 heteroatoms. The molecule has 176 valence electrons. The van der Waals surface area contributed by atoms with Crippen molar-refractivity contribution in [1.29, 1.82) is 0 Å². The van der Waals surface area contributed by atoms with E-state index in [1.54, 1.807) is 20.8 Å². The molecule has 2 heterocycles. The third-order valence-electron chi connectivity index (χ3n) is 6.41. The van der Waals surface area contributed by atoms with E-state index in [1.807, 2.05) is 47.5 Å². The largest absolute Gasteiger partial charge is 0.468 e. The minimum Gasteiger partial charge on any atom is -0.468 e. The van der Waals surface area contributed by atoms with Crippen LogP contribution in [-0.2, 0) is 23.8 Å². The molecule has 2 aromatic carbocycles. The first-order valence-electron chi connectivity index (χ1n) is 11.1. The molecule has 2 aromatic rings. The van der Waals surface area contributed by atoms with E-state index in [-0.39, 0.29) is 12.5 Å². The number of hydrazine groups is 1. The average molecular weight is 455 g/mol. The summed E-state index contributed by atoms with van der Waals surface area (Å²) in [6.45, 7) is 5.84. The standard InChI is InChI=1S/C25H30N2O6/c1-24(2,3)33-23(30)26-13-12-19-15-25(21(28)31-4,22(29)32-5)20(27(19)26)18-11-10-16-8-6-7-9-17(16)14-18/h6-11,14,19-20H,12-13,15H2,1-5H3/t19-,20-/m0/s1. The Balaban J connectivity index is 1.88. The van der Waals surface area contributed by atoms with Crippen LogP contribution in [0.4, 0.5) is 4.79 Å². The number of rotatable bonds is 3. The van der Waals surface area contributed by atoms with E-state index in [2.05, 4.69) is 0 Å². The summed E-state index contributed by atoms with van der Waals surface area (Å²) in [5.41, 5.74) is -1.57. The average Bonchev–Trinajstić information content (AvgIpc) is 3.33. The van der Waals surface area contributed by atoms with Gasteiger partial charge in [-0.1, -0.05) is 36.4 Å². The van der Waals surface area contributed by atoms with Gasteiger partial charge in [0.15, 0.2) is 5.41 Å². The van der Waals surface area contributed by atoms with Crippen molar-refractivity contribution in [2.75, 3.05) is 20.8 Å². The van der Waals surface area contributed by atoms with E-state index in [0.717, 1.165) is 16.3 Å². The van der Waals surface area contributed by atoms with Crippen molar-refractivity contribution in [2.45, 2.75) is 51.3 Å². The highest BCUT2D eigenvalue weighted by Crippen LogP contribution is 2.55. The molecule has 2 aliphatic rings. The smallest absolute Gasteiger partial charge is 0.425 e. The van der Waals surface area contributed by atoms with Gasteiger partial charge in [-0.05, 0) is 56.0 Å². The molecular weight excluding hydrogens is 424 g/mol. The fraction of sp³-hybridized carbons (Fsp3) is 0.480. The second kappa shape index (κ2) is 8.33. The normalized spacial score (nSPS) is 22.2. The monoisotopic (exact) mass is 454 g/mol. The minimum atomic E-state index is -1.61. The molecule has 8 nitrogen and oxygen atoms in total. The summed E-state index contributed by atoms with van der Waals surface area (Å²) in [5, 5.41) is 5.34. The van der Waals surface area contributed by atoms with Crippen molar-refractivity contribution < 1.29 is 28.6 Å². The lowest BCUT2D eigenvalue weighted by molar-refractivity contribution is -0.174. The van der Waals surface area contributed by atoms with Gasteiger partial charge in [0, 0.05) is 12.6 Å². The highest BCUT2D eigenvalue weighted by Gasteiger charge is 2.67. The van der Waals surface area contributed by atoms with Gasteiger partial charge >= 0.3 is 18.0 Å². The highest BCUT2D eigenvalue weighted by atomic mass is 16.6. The van der Waals surface area contributed by atoms with Crippen molar-refractivity contribution >= 4 is 28.8 Å². The molecule has 0 radical (unpaired) electrons. The van der Waals surface area contributed by atoms with Crippen LogP contribution in [0, 0.1) is 5.41 Å². The van der Waals surface area contributed by atoms with Gasteiger partial charge in [0.2, 0.25) is 0 Å². The summed E-state index contributed by atoms with van der Waals surface area (Å²) in [6.07, 6.45) is 0.267. The Bertz CT molecular complexity index is 1080. The molecule has 0 aromatic heterocycles. The molecule has 33 heavy (non-hydrogen) atoms. The molecule has 0 spiro atoms. The third-order valence-corrected chi connectivity index (χ3v) is 6.41. The van der Waals surface area contributed by atoms with Gasteiger partial charge in [0.25, 0.3) is 0 Å². The van der Waals surface area contributed by atoms with Crippen LogP contribution in [0.25, 0.3) is 10.8 Å². The molecular formula is C25H30N2O6. The number of fused-ring (bicyclic) bond motifs is 2. The quantitative estimate of drug-likeness (QED) is 0.396.